The summed E-state index contributed by atoms with van der Waals surface area (Å²) in [4.78, 5) is 11.4. The summed E-state index contributed by atoms with van der Waals surface area (Å²) in [5.41, 5.74) is 0.922. The van der Waals surface area contributed by atoms with Crippen LogP contribution in [0.25, 0.3) is 10.4 Å². The SMILES string of the molecule is O=C(O)c1ccc(-c2ccc(C(F)F)s2)cc1. The van der Waals surface area contributed by atoms with Crippen LogP contribution in [0.2, 0.25) is 0 Å². The van der Waals surface area contributed by atoms with Crippen molar-refractivity contribution in [1.29, 1.82) is 0 Å². The van der Waals surface area contributed by atoms with Gasteiger partial charge in [-0.05, 0) is 29.8 Å². The first kappa shape index (κ1) is 11.7. The second kappa shape index (κ2) is 4.63. The van der Waals surface area contributed by atoms with Gasteiger partial charge in [0.1, 0.15) is 0 Å². The van der Waals surface area contributed by atoms with Crippen LogP contribution in [0.4, 0.5) is 8.78 Å². The maximum Gasteiger partial charge on any atom is 0.335 e. The summed E-state index contributed by atoms with van der Waals surface area (Å²) < 4.78 is 24.8. The fourth-order valence-corrected chi connectivity index (χ4v) is 2.27. The first-order chi connectivity index (χ1) is 8.08. The summed E-state index contributed by atoms with van der Waals surface area (Å²) in [6.45, 7) is 0. The van der Waals surface area contributed by atoms with Crippen molar-refractivity contribution in [3.05, 3.63) is 46.8 Å². The van der Waals surface area contributed by atoms with E-state index in [-0.39, 0.29) is 10.4 Å². The average molecular weight is 254 g/mol. The van der Waals surface area contributed by atoms with Crippen molar-refractivity contribution in [3.8, 4) is 10.4 Å². The Balaban J connectivity index is 2.30. The van der Waals surface area contributed by atoms with E-state index in [2.05, 4.69) is 0 Å². The highest BCUT2D eigenvalue weighted by Gasteiger charge is 2.11. The van der Waals surface area contributed by atoms with Gasteiger partial charge >= 0.3 is 5.97 Å². The molecule has 1 N–H and O–H groups in total. The van der Waals surface area contributed by atoms with Gasteiger partial charge in [-0.1, -0.05) is 12.1 Å². The fraction of sp³-hybridized carbons (Fsp3) is 0.0833. The lowest BCUT2D eigenvalue weighted by Gasteiger charge is -1.98. The van der Waals surface area contributed by atoms with E-state index < -0.39 is 12.4 Å². The molecule has 1 heterocycles. The number of hydrogen-bond donors (Lipinski definition) is 1. The van der Waals surface area contributed by atoms with Gasteiger partial charge in [0.15, 0.2) is 0 Å². The molecule has 0 aliphatic heterocycles. The Labute approximate surface area is 100 Å². The van der Waals surface area contributed by atoms with Crippen molar-refractivity contribution in [2.24, 2.45) is 0 Å². The van der Waals surface area contributed by atoms with Crippen molar-refractivity contribution >= 4 is 17.3 Å². The third-order valence-corrected chi connectivity index (χ3v) is 3.40. The van der Waals surface area contributed by atoms with E-state index >= 15 is 0 Å². The Kier molecular flexibility index (Phi) is 3.19. The number of hydrogen-bond acceptors (Lipinski definition) is 2. The Morgan fingerprint density at radius 3 is 2.24 bits per heavy atom. The number of benzene rings is 1. The van der Waals surface area contributed by atoms with E-state index in [9.17, 15) is 13.6 Å². The van der Waals surface area contributed by atoms with Gasteiger partial charge in [0.25, 0.3) is 6.43 Å². The molecule has 1 aromatic heterocycles. The number of aromatic carboxylic acids is 1. The van der Waals surface area contributed by atoms with Crippen LogP contribution >= 0.6 is 11.3 Å². The molecule has 5 heteroatoms. The maximum absolute atomic E-state index is 12.4. The van der Waals surface area contributed by atoms with Crippen LogP contribution in [0, 0.1) is 0 Å². The minimum atomic E-state index is -2.47. The van der Waals surface area contributed by atoms with Crippen molar-refractivity contribution in [2.75, 3.05) is 0 Å². The molecule has 0 saturated carbocycles. The second-order valence-electron chi connectivity index (χ2n) is 3.39. The van der Waals surface area contributed by atoms with E-state index in [1.165, 1.54) is 18.2 Å². The van der Waals surface area contributed by atoms with Gasteiger partial charge in [-0.15, -0.1) is 11.3 Å². The normalized spacial score (nSPS) is 10.8. The smallest absolute Gasteiger partial charge is 0.335 e. The molecule has 17 heavy (non-hydrogen) atoms. The number of carboxylic acid groups (broad SMARTS) is 1. The Hall–Kier alpha value is -1.75. The molecule has 88 valence electrons. The highest BCUT2D eigenvalue weighted by Crippen LogP contribution is 2.33. The summed E-state index contributed by atoms with van der Waals surface area (Å²) in [7, 11) is 0. The minimum Gasteiger partial charge on any atom is -0.478 e. The molecule has 2 rings (SSSR count). The molecule has 0 amide bonds. The monoisotopic (exact) mass is 254 g/mol. The number of rotatable bonds is 3. The molecule has 1 aromatic carbocycles. The third kappa shape index (κ3) is 2.50. The fourth-order valence-electron chi connectivity index (χ4n) is 1.40. The van der Waals surface area contributed by atoms with Gasteiger partial charge in [-0.3, -0.25) is 0 Å². The molecule has 0 bridgehead atoms. The molecule has 2 nitrogen and oxygen atoms in total. The first-order valence-corrected chi connectivity index (χ1v) is 5.61. The standard InChI is InChI=1S/C12H8F2O2S/c13-11(14)10-6-5-9(17-10)7-1-3-8(4-2-7)12(15)16/h1-6,11H,(H,15,16). The Morgan fingerprint density at radius 1 is 1.12 bits per heavy atom. The van der Waals surface area contributed by atoms with Crippen LogP contribution in [0.15, 0.2) is 36.4 Å². The molecule has 0 saturated heterocycles. The van der Waals surface area contributed by atoms with Gasteiger partial charge in [-0.2, -0.15) is 0 Å². The average Bonchev–Trinajstić information content (AvgIpc) is 2.78. The number of carboxylic acids is 1. The molecule has 0 aliphatic rings. The number of alkyl halides is 2. The minimum absolute atomic E-state index is 0.0160. The van der Waals surface area contributed by atoms with Gasteiger partial charge in [0.05, 0.1) is 10.4 Å². The van der Waals surface area contributed by atoms with Gasteiger partial charge in [0.2, 0.25) is 0 Å². The van der Waals surface area contributed by atoms with Crippen LogP contribution in [0.3, 0.4) is 0 Å². The zero-order valence-electron chi connectivity index (χ0n) is 8.56. The van der Waals surface area contributed by atoms with Crippen LogP contribution in [0.1, 0.15) is 21.7 Å². The predicted octanol–water partition coefficient (Wildman–Crippen LogP) is 4.05. The maximum atomic E-state index is 12.4. The lowest BCUT2D eigenvalue weighted by Crippen LogP contribution is -1.94. The first-order valence-electron chi connectivity index (χ1n) is 4.79. The number of carbonyl (C=O) groups is 1. The predicted molar refractivity (Wildman–Crippen MR) is 61.7 cm³/mol. The van der Waals surface area contributed by atoms with Gasteiger partial charge < -0.3 is 5.11 Å². The van der Waals surface area contributed by atoms with Crippen LogP contribution in [-0.4, -0.2) is 11.1 Å². The van der Waals surface area contributed by atoms with Gasteiger partial charge in [0, 0.05) is 4.88 Å². The summed E-state index contributed by atoms with van der Waals surface area (Å²) in [6.07, 6.45) is -2.47. The third-order valence-electron chi connectivity index (χ3n) is 2.26. The zero-order valence-corrected chi connectivity index (χ0v) is 9.38. The van der Waals surface area contributed by atoms with Crippen LogP contribution in [0.5, 0.6) is 0 Å². The number of thiophene rings is 1. The highest BCUT2D eigenvalue weighted by atomic mass is 32.1. The lowest BCUT2D eigenvalue weighted by atomic mass is 10.1. The quantitative estimate of drug-likeness (QED) is 0.897. The molecule has 2 aromatic rings. The molecular formula is C12H8F2O2S. The summed E-state index contributed by atoms with van der Waals surface area (Å²) in [5.74, 6) is -1.00. The molecule has 0 atom stereocenters. The summed E-state index contributed by atoms with van der Waals surface area (Å²) in [6, 6.07) is 9.14. The molecule has 0 aliphatic carbocycles. The molecule has 0 radical (unpaired) electrons. The molecule has 0 fully saturated rings. The summed E-state index contributed by atoms with van der Waals surface area (Å²) in [5, 5.41) is 8.73. The molecule has 0 spiro atoms. The van der Waals surface area contributed by atoms with Crippen molar-refractivity contribution in [3.63, 3.8) is 0 Å². The van der Waals surface area contributed by atoms with Crippen LogP contribution < -0.4 is 0 Å². The zero-order chi connectivity index (χ0) is 12.4. The van der Waals surface area contributed by atoms with E-state index in [1.807, 2.05) is 0 Å². The van der Waals surface area contributed by atoms with Crippen molar-refractivity contribution in [2.45, 2.75) is 6.43 Å². The second-order valence-corrected chi connectivity index (χ2v) is 4.50. The summed E-state index contributed by atoms with van der Waals surface area (Å²) >= 11 is 1.01. The van der Waals surface area contributed by atoms with E-state index in [1.54, 1.807) is 18.2 Å². The van der Waals surface area contributed by atoms with Crippen molar-refractivity contribution in [1.82, 2.24) is 0 Å². The van der Waals surface area contributed by atoms with Crippen molar-refractivity contribution < 1.29 is 18.7 Å². The van der Waals surface area contributed by atoms with E-state index in [4.69, 9.17) is 5.11 Å². The highest BCUT2D eigenvalue weighted by molar-refractivity contribution is 7.15. The molecular weight excluding hydrogens is 246 g/mol. The topological polar surface area (TPSA) is 37.3 Å². The number of halogens is 2. The van der Waals surface area contributed by atoms with E-state index in [0.717, 1.165) is 16.9 Å². The Bertz CT molecular complexity index is 532. The van der Waals surface area contributed by atoms with Gasteiger partial charge in [-0.25, -0.2) is 13.6 Å². The lowest BCUT2D eigenvalue weighted by molar-refractivity contribution is 0.0697. The largest absolute Gasteiger partial charge is 0.478 e. The van der Waals surface area contributed by atoms with E-state index in [0.29, 0.717) is 4.88 Å². The molecule has 0 unspecified atom stereocenters. The Morgan fingerprint density at radius 2 is 1.76 bits per heavy atom. The van der Waals surface area contributed by atoms with Crippen LogP contribution in [-0.2, 0) is 0 Å².